The molecule has 3 N–H and O–H groups in total. The number of pyridine rings is 1. The quantitative estimate of drug-likeness (QED) is 0.493. The molecule has 0 bridgehead atoms. The summed E-state index contributed by atoms with van der Waals surface area (Å²) in [5, 5.41) is 30.1. The van der Waals surface area contributed by atoms with Gasteiger partial charge >= 0.3 is 5.97 Å². The second kappa shape index (κ2) is 9.89. The van der Waals surface area contributed by atoms with Crippen molar-refractivity contribution in [3.63, 3.8) is 0 Å². The van der Waals surface area contributed by atoms with Crippen LogP contribution in [0.4, 0.5) is 4.39 Å². The van der Waals surface area contributed by atoms with Crippen LogP contribution in [0.3, 0.4) is 0 Å². The zero-order chi connectivity index (χ0) is 23.4. The molecule has 2 atom stereocenters. The third-order valence-electron chi connectivity index (χ3n) is 5.21. The van der Waals surface area contributed by atoms with Gasteiger partial charge in [-0.3, -0.25) is 9.59 Å². The second-order valence-corrected chi connectivity index (χ2v) is 8.00. The maximum atomic E-state index is 13.6. The molecule has 0 amide bonds. The van der Waals surface area contributed by atoms with E-state index in [4.69, 9.17) is 5.11 Å². The van der Waals surface area contributed by atoms with Gasteiger partial charge in [-0.25, -0.2) is 4.39 Å². The number of hydrogen-bond donors (Lipinski definition) is 3. The van der Waals surface area contributed by atoms with Crippen LogP contribution in [0.25, 0.3) is 28.0 Å². The summed E-state index contributed by atoms with van der Waals surface area (Å²) in [5.41, 5.74) is 1.75. The summed E-state index contributed by atoms with van der Waals surface area (Å²) in [6, 6.07) is 12.9. The van der Waals surface area contributed by atoms with E-state index in [0.717, 1.165) is 0 Å². The van der Waals surface area contributed by atoms with Gasteiger partial charge in [-0.1, -0.05) is 36.4 Å². The summed E-state index contributed by atoms with van der Waals surface area (Å²) in [5.74, 6) is -1.54. The highest BCUT2D eigenvalue weighted by molar-refractivity contribution is 5.99. The van der Waals surface area contributed by atoms with E-state index in [9.17, 15) is 24.2 Å². The Morgan fingerprint density at radius 1 is 1.06 bits per heavy atom. The van der Waals surface area contributed by atoms with Crippen LogP contribution >= 0.6 is 0 Å². The third kappa shape index (κ3) is 5.12. The fraction of sp³-hybridized carbons (Fsp3) is 0.280. The van der Waals surface area contributed by atoms with Gasteiger partial charge < -0.3 is 19.9 Å². The van der Waals surface area contributed by atoms with Gasteiger partial charge in [0.25, 0.3) is 5.56 Å². The molecule has 1 aromatic heterocycles. The van der Waals surface area contributed by atoms with Gasteiger partial charge in [0.1, 0.15) is 5.82 Å². The average Bonchev–Trinajstić information content (AvgIpc) is 2.72. The molecule has 0 spiro atoms. The van der Waals surface area contributed by atoms with Crippen molar-refractivity contribution >= 4 is 22.8 Å². The van der Waals surface area contributed by atoms with E-state index in [1.165, 1.54) is 18.2 Å². The molecular formula is C25H26FNO5. The number of rotatable bonds is 8. The predicted molar refractivity (Wildman–Crippen MR) is 122 cm³/mol. The van der Waals surface area contributed by atoms with Crippen molar-refractivity contribution in [2.45, 2.75) is 44.9 Å². The lowest BCUT2D eigenvalue weighted by molar-refractivity contribution is -0.139. The van der Waals surface area contributed by atoms with Crippen LogP contribution < -0.4 is 5.56 Å². The third-order valence-corrected chi connectivity index (χ3v) is 5.21. The van der Waals surface area contributed by atoms with Crippen LogP contribution in [0.5, 0.6) is 0 Å². The Morgan fingerprint density at radius 3 is 2.28 bits per heavy atom. The van der Waals surface area contributed by atoms with E-state index < -0.39 is 24.6 Å². The lowest BCUT2D eigenvalue weighted by atomic mass is 9.95. The summed E-state index contributed by atoms with van der Waals surface area (Å²) in [6.45, 7) is 3.74. The first-order valence-corrected chi connectivity index (χ1v) is 10.4. The second-order valence-electron chi connectivity index (χ2n) is 8.00. The first-order chi connectivity index (χ1) is 15.2. The molecule has 0 aliphatic rings. The predicted octanol–water partition coefficient (Wildman–Crippen LogP) is 3.99. The summed E-state index contributed by atoms with van der Waals surface area (Å²) < 4.78 is 15.2. The van der Waals surface area contributed by atoms with Gasteiger partial charge in [0.05, 0.1) is 24.3 Å². The van der Waals surface area contributed by atoms with Crippen molar-refractivity contribution in [3.8, 4) is 11.1 Å². The van der Waals surface area contributed by atoms with Gasteiger partial charge in [-0.05, 0) is 49.1 Å². The van der Waals surface area contributed by atoms with Gasteiger partial charge in [0.15, 0.2) is 0 Å². The Morgan fingerprint density at radius 2 is 1.69 bits per heavy atom. The molecule has 3 aromatic rings. The highest BCUT2D eigenvalue weighted by Gasteiger charge is 2.19. The van der Waals surface area contributed by atoms with Crippen molar-refractivity contribution < 1.29 is 24.5 Å². The Bertz CT molecular complexity index is 1200. The number of fused-ring (bicyclic) bond motifs is 1. The Balaban J connectivity index is 2.20. The van der Waals surface area contributed by atoms with Gasteiger partial charge in [-0.15, -0.1) is 0 Å². The monoisotopic (exact) mass is 439 g/mol. The Kier molecular flexibility index (Phi) is 7.22. The van der Waals surface area contributed by atoms with Crippen LogP contribution in [0.15, 0.2) is 59.4 Å². The molecule has 2 aromatic carbocycles. The molecule has 168 valence electrons. The smallest absolute Gasteiger partial charge is 0.305 e. The van der Waals surface area contributed by atoms with Crippen LogP contribution in [0.1, 0.15) is 38.4 Å². The molecule has 0 saturated heterocycles. The molecule has 0 radical (unpaired) electrons. The van der Waals surface area contributed by atoms with Crippen LogP contribution in [-0.2, 0) is 4.79 Å². The number of benzene rings is 2. The number of halogens is 1. The van der Waals surface area contributed by atoms with Crippen molar-refractivity contribution in [2.24, 2.45) is 0 Å². The lowest BCUT2D eigenvalue weighted by Gasteiger charge is -2.21. The minimum absolute atomic E-state index is 0.159. The number of hydrogen-bond acceptors (Lipinski definition) is 4. The molecule has 6 nitrogen and oxygen atoms in total. The fourth-order valence-electron chi connectivity index (χ4n) is 3.83. The van der Waals surface area contributed by atoms with Crippen molar-refractivity contribution in [1.82, 2.24) is 4.57 Å². The van der Waals surface area contributed by atoms with Crippen LogP contribution in [-0.4, -0.2) is 38.1 Å². The Hall–Kier alpha value is -3.29. The van der Waals surface area contributed by atoms with Crippen molar-refractivity contribution in [3.05, 3.63) is 76.5 Å². The van der Waals surface area contributed by atoms with E-state index in [-0.39, 0.29) is 23.8 Å². The summed E-state index contributed by atoms with van der Waals surface area (Å²) in [6.07, 6.45) is 0.0813. The SMILES string of the molecule is CC(C)n1c(/C=C/[C@@H](O)C[C@@H](O)CC(=O)O)c(-c2ccc(F)cc2)c2ccccc2c1=O. The van der Waals surface area contributed by atoms with Gasteiger partial charge in [0, 0.05) is 23.4 Å². The van der Waals surface area contributed by atoms with E-state index in [0.29, 0.717) is 27.6 Å². The largest absolute Gasteiger partial charge is 0.481 e. The normalized spacial score (nSPS) is 13.7. The zero-order valence-electron chi connectivity index (χ0n) is 17.9. The number of carboxylic acid groups (broad SMARTS) is 1. The number of aromatic nitrogens is 1. The Labute approximate surface area is 184 Å². The molecule has 0 saturated carbocycles. The minimum Gasteiger partial charge on any atom is -0.481 e. The van der Waals surface area contributed by atoms with Gasteiger partial charge in [-0.2, -0.15) is 0 Å². The van der Waals surface area contributed by atoms with Crippen molar-refractivity contribution in [1.29, 1.82) is 0 Å². The topological polar surface area (TPSA) is 99.8 Å². The summed E-state index contributed by atoms with van der Waals surface area (Å²) in [4.78, 5) is 24.0. The molecule has 32 heavy (non-hydrogen) atoms. The number of aliphatic hydroxyl groups excluding tert-OH is 2. The average molecular weight is 439 g/mol. The van der Waals surface area contributed by atoms with Gasteiger partial charge in [0.2, 0.25) is 0 Å². The number of aliphatic carboxylic acids is 1. The number of nitrogens with zero attached hydrogens (tertiary/aromatic N) is 1. The molecule has 1 heterocycles. The van der Waals surface area contributed by atoms with E-state index in [1.807, 2.05) is 26.0 Å². The number of carbonyl (C=O) groups is 1. The number of carboxylic acids is 1. The highest BCUT2D eigenvalue weighted by atomic mass is 19.1. The molecule has 0 aliphatic carbocycles. The molecule has 0 unspecified atom stereocenters. The molecule has 3 rings (SSSR count). The summed E-state index contributed by atoms with van der Waals surface area (Å²) >= 11 is 0. The number of aliphatic hydroxyl groups is 2. The first-order valence-electron chi connectivity index (χ1n) is 10.4. The van der Waals surface area contributed by atoms with E-state index in [1.54, 1.807) is 34.9 Å². The molecule has 7 heteroatoms. The zero-order valence-corrected chi connectivity index (χ0v) is 17.9. The maximum Gasteiger partial charge on any atom is 0.305 e. The van der Waals surface area contributed by atoms with Crippen LogP contribution in [0, 0.1) is 5.82 Å². The first kappa shape index (κ1) is 23.4. The van der Waals surface area contributed by atoms with Crippen LogP contribution in [0.2, 0.25) is 0 Å². The highest BCUT2D eigenvalue weighted by Crippen LogP contribution is 2.33. The standard InChI is InChI=1S/C25H26FNO5/c1-15(2)27-22(12-11-18(28)13-19(29)14-23(30)31)24(16-7-9-17(26)10-8-16)20-5-3-4-6-21(20)25(27)32/h3-12,15,18-19,28-29H,13-14H2,1-2H3,(H,30,31)/b12-11+/t18-,19-/m1/s1. The maximum absolute atomic E-state index is 13.6. The lowest BCUT2D eigenvalue weighted by Crippen LogP contribution is -2.25. The fourth-order valence-corrected chi connectivity index (χ4v) is 3.83. The molecule has 0 fully saturated rings. The molecule has 0 aliphatic heterocycles. The minimum atomic E-state index is -1.20. The van der Waals surface area contributed by atoms with Crippen molar-refractivity contribution in [2.75, 3.05) is 0 Å². The van der Waals surface area contributed by atoms with E-state index in [2.05, 4.69) is 0 Å². The van der Waals surface area contributed by atoms with E-state index >= 15 is 0 Å². The molecular weight excluding hydrogens is 413 g/mol. The summed E-state index contributed by atoms with van der Waals surface area (Å²) in [7, 11) is 0.